The van der Waals surface area contributed by atoms with Crippen LogP contribution in [0.4, 0.5) is 8.78 Å². The number of fused-ring (bicyclic) bond motifs is 1. The molecule has 0 bridgehead atoms. The van der Waals surface area contributed by atoms with E-state index in [9.17, 15) is 13.6 Å². The van der Waals surface area contributed by atoms with Crippen molar-refractivity contribution in [2.45, 2.75) is 6.61 Å². The zero-order chi connectivity index (χ0) is 16.4. The van der Waals surface area contributed by atoms with Gasteiger partial charge in [-0.05, 0) is 35.9 Å². The fraction of sp³-hybridized carbons (Fsp3) is 0.118. The van der Waals surface area contributed by atoms with Crippen LogP contribution in [0, 0.1) is 0 Å². The molecule has 0 N–H and O–H groups in total. The molecule has 1 aliphatic heterocycles. The van der Waals surface area contributed by atoms with Crippen molar-refractivity contribution in [3.63, 3.8) is 0 Å². The first-order valence-electron chi connectivity index (χ1n) is 6.74. The van der Waals surface area contributed by atoms with Gasteiger partial charge >= 0.3 is 6.61 Å². The third-order valence-electron chi connectivity index (χ3n) is 3.28. The van der Waals surface area contributed by atoms with Crippen molar-refractivity contribution in [3.8, 4) is 17.2 Å². The highest BCUT2D eigenvalue weighted by atomic mass is 19.3. The molecule has 3 rings (SSSR count). The van der Waals surface area contributed by atoms with Crippen molar-refractivity contribution in [1.82, 2.24) is 0 Å². The predicted molar refractivity (Wildman–Crippen MR) is 79.0 cm³/mol. The molecule has 1 heterocycles. The summed E-state index contributed by atoms with van der Waals surface area (Å²) in [6.07, 6.45) is 1.58. The molecule has 1 aliphatic rings. The maximum atomic E-state index is 12.3. The molecule has 2 aromatic carbocycles. The summed E-state index contributed by atoms with van der Waals surface area (Å²) in [7, 11) is 1.56. The maximum absolute atomic E-state index is 12.3. The minimum absolute atomic E-state index is 0.0581. The van der Waals surface area contributed by atoms with Gasteiger partial charge < -0.3 is 14.2 Å². The van der Waals surface area contributed by atoms with E-state index in [0.717, 1.165) is 5.56 Å². The number of alkyl halides is 2. The second kappa shape index (κ2) is 6.08. The summed E-state index contributed by atoms with van der Waals surface area (Å²) in [5.41, 5.74) is 1.07. The summed E-state index contributed by atoms with van der Waals surface area (Å²) < 4.78 is 39.3. The van der Waals surface area contributed by atoms with Gasteiger partial charge in [-0.2, -0.15) is 8.78 Å². The summed E-state index contributed by atoms with van der Waals surface area (Å²) in [6, 6.07) is 11.1. The minimum Gasteiger partial charge on any atom is -0.497 e. The predicted octanol–water partition coefficient (Wildman–Crippen LogP) is 3.91. The molecule has 0 amide bonds. The topological polar surface area (TPSA) is 44.8 Å². The molecule has 0 aromatic heterocycles. The molecule has 0 atom stereocenters. The minimum atomic E-state index is -2.93. The number of ketones is 1. The molecule has 0 radical (unpaired) electrons. The maximum Gasteiger partial charge on any atom is 0.387 e. The Balaban J connectivity index is 1.85. The van der Waals surface area contributed by atoms with Crippen LogP contribution in [0.2, 0.25) is 0 Å². The number of hydrogen-bond acceptors (Lipinski definition) is 4. The smallest absolute Gasteiger partial charge is 0.387 e. The SMILES string of the molecule is COc1ccc(C=C2Oc3cc(OC(F)F)ccc3C2=O)cc1. The third-order valence-corrected chi connectivity index (χ3v) is 3.28. The molecular weight excluding hydrogens is 306 g/mol. The van der Waals surface area contributed by atoms with E-state index >= 15 is 0 Å². The average Bonchev–Trinajstić information content (AvgIpc) is 2.83. The number of benzene rings is 2. The van der Waals surface area contributed by atoms with E-state index in [1.807, 2.05) is 0 Å². The summed E-state index contributed by atoms with van der Waals surface area (Å²) in [6.45, 7) is -2.93. The number of allylic oxidation sites excluding steroid dienone is 1. The molecule has 0 fully saturated rings. The molecule has 2 aromatic rings. The first-order valence-corrected chi connectivity index (χ1v) is 6.74. The number of rotatable bonds is 4. The highest BCUT2D eigenvalue weighted by Crippen LogP contribution is 2.35. The first-order chi connectivity index (χ1) is 11.1. The Hall–Kier alpha value is -2.89. The second-order valence-corrected chi connectivity index (χ2v) is 4.75. The van der Waals surface area contributed by atoms with Gasteiger partial charge in [0.25, 0.3) is 0 Å². The van der Waals surface area contributed by atoms with E-state index in [-0.39, 0.29) is 23.0 Å². The van der Waals surface area contributed by atoms with Gasteiger partial charge in [-0.1, -0.05) is 12.1 Å². The van der Waals surface area contributed by atoms with Crippen molar-refractivity contribution < 1.29 is 27.8 Å². The molecule has 23 heavy (non-hydrogen) atoms. The molecule has 0 aliphatic carbocycles. The standard InChI is InChI=1S/C17H12F2O4/c1-21-11-4-2-10(3-5-11)8-15-16(20)13-7-6-12(22-17(18)19)9-14(13)23-15/h2-9,17H,1H3. The number of Topliss-reactive ketones (excluding diaryl/α,β-unsaturated/α-hetero) is 1. The van der Waals surface area contributed by atoms with Gasteiger partial charge in [-0.15, -0.1) is 0 Å². The second-order valence-electron chi connectivity index (χ2n) is 4.75. The van der Waals surface area contributed by atoms with Gasteiger partial charge in [0.2, 0.25) is 5.78 Å². The van der Waals surface area contributed by atoms with Crippen LogP contribution >= 0.6 is 0 Å². The van der Waals surface area contributed by atoms with Crippen LogP contribution < -0.4 is 14.2 Å². The molecule has 118 valence electrons. The zero-order valence-electron chi connectivity index (χ0n) is 12.1. The van der Waals surface area contributed by atoms with E-state index in [4.69, 9.17) is 9.47 Å². The molecule has 0 saturated heterocycles. The number of methoxy groups -OCH3 is 1. The zero-order valence-corrected chi connectivity index (χ0v) is 12.1. The molecule has 4 nitrogen and oxygen atoms in total. The van der Waals surface area contributed by atoms with Gasteiger partial charge in [0.15, 0.2) is 5.76 Å². The van der Waals surface area contributed by atoms with Crippen molar-refractivity contribution in [2.75, 3.05) is 7.11 Å². The lowest BCUT2D eigenvalue weighted by Crippen LogP contribution is -2.01. The Labute approximate surface area is 130 Å². The molecule has 6 heteroatoms. The van der Waals surface area contributed by atoms with Crippen LogP contribution in [0.15, 0.2) is 48.2 Å². The Bertz CT molecular complexity index is 767. The van der Waals surface area contributed by atoms with Gasteiger partial charge in [-0.3, -0.25) is 4.79 Å². The van der Waals surface area contributed by atoms with E-state index in [2.05, 4.69) is 4.74 Å². The molecule has 0 saturated carbocycles. The summed E-state index contributed by atoms with van der Waals surface area (Å²) >= 11 is 0. The Kier molecular flexibility index (Phi) is 3.97. The summed E-state index contributed by atoms with van der Waals surface area (Å²) in [5, 5.41) is 0. The quantitative estimate of drug-likeness (QED) is 0.802. The molecular formula is C17H12F2O4. The van der Waals surface area contributed by atoms with E-state index in [1.165, 1.54) is 18.2 Å². The van der Waals surface area contributed by atoms with Crippen molar-refractivity contribution in [3.05, 3.63) is 59.4 Å². The van der Waals surface area contributed by atoms with E-state index in [0.29, 0.717) is 11.3 Å². The third kappa shape index (κ3) is 3.15. The lowest BCUT2D eigenvalue weighted by Gasteiger charge is -2.05. The Morgan fingerprint density at radius 2 is 1.78 bits per heavy atom. The summed E-state index contributed by atoms with van der Waals surface area (Å²) in [5.74, 6) is 0.659. The van der Waals surface area contributed by atoms with E-state index < -0.39 is 6.61 Å². The van der Waals surface area contributed by atoms with Crippen molar-refractivity contribution in [1.29, 1.82) is 0 Å². The van der Waals surface area contributed by atoms with Crippen LogP contribution in [-0.2, 0) is 0 Å². The van der Waals surface area contributed by atoms with Gasteiger partial charge in [-0.25, -0.2) is 0 Å². The number of ether oxygens (including phenoxy) is 3. The van der Waals surface area contributed by atoms with Crippen LogP contribution in [0.1, 0.15) is 15.9 Å². The Morgan fingerprint density at radius 3 is 2.43 bits per heavy atom. The highest BCUT2D eigenvalue weighted by molar-refractivity contribution is 6.14. The van der Waals surface area contributed by atoms with Crippen molar-refractivity contribution >= 4 is 11.9 Å². The molecule has 0 spiro atoms. The van der Waals surface area contributed by atoms with E-state index in [1.54, 1.807) is 37.5 Å². The summed E-state index contributed by atoms with van der Waals surface area (Å²) in [4.78, 5) is 12.3. The fourth-order valence-electron chi connectivity index (χ4n) is 2.19. The highest BCUT2D eigenvalue weighted by Gasteiger charge is 2.28. The lowest BCUT2D eigenvalue weighted by molar-refractivity contribution is -0.0499. The Morgan fingerprint density at radius 1 is 1.09 bits per heavy atom. The van der Waals surface area contributed by atoms with Crippen LogP contribution in [0.25, 0.3) is 6.08 Å². The first kappa shape index (κ1) is 15.0. The normalized spacial score (nSPS) is 14.8. The number of carbonyl (C=O) groups is 1. The molecule has 0 unspecified atom stereocenters. The van der Waals surface area contributed by atoms with Crippen LogP contribution in [-0.4, -0.2) is 19.5 Å². The van der Waals surface area contributed by atoms with Gasteiger partial charge in [0.05, 0.1) is 12.7 Å². The fourth-order valence-corrected chi connectivity index (χ4v) is 2.19. The average molecular weight is 318 g/mol. The monoisotopic (exact) mass is 318 g/mol. The van der Waals surface area contributed by atoms with Crippen LogP contribution in [0.3, 0.4) is 0 Å². The number of carbonyl (C=O) groups excluding carboxylic acids is 1. The largest absolute Gasteiger partial charge is 0.497 e. The number of halogens is 2. The van der Waals surface area contributed by atoms with Crippen molar-refractivity contribution in [2.24, 2.45) is 0 Å². The van der Waals surface area contributed by atoms with Gasteiger partial charge in [0.1, 0.15) is 17.2 Å². The van der Waals surface area contributed by atoms with Gasteiger partial charge in [0, 0.05) is 6.07 Å². The van der Waals surface area contributed by atoms with Crippen LogP contribution in [0.5, 0.6) is 17.2 Å². The lowest BCUT2D eigenvalue weighted by atomic mass is 10.1. The number of hydrogen-bond donors (Lipinski definition) is 0.